The smallest absolute Gasteiger partial charge is 0.248 e. The predicted molar refractivity (Wildman–Crippen MR) is 81.2 cm³/mol. The number of hydrogen-bond donors (Lipinski definition) is 2. The molecule has 22 heavy (non-hydrogen) atoms. The zero-order valence-corrected chi connectivity index (χ0v) is 12.8. The number of nitrogens with one attached hydrogen (secondary N) is 1. The van der Waals surface area contributed by atoms with Crippen molar-refractivity contribution < 1.29 is 14.7 Å². The normalized spacial score (nSPS) is 25.8. The van der Waals surface area contributed by atoms with Crippen LogP contribution in [-0.2, 0) is 16.1 Å². The molecule has 1 aromatic carbocycles. The van der Waals surface area contributed by atoms with Crippen molar-refractivity contribution in [1.29, 1.82) is 0 Å². The molecule has 0 bridgehead atoms. The van der Waals surface area contributed by atoms with Gasteiger partial charge in [-0.05, 0) is 17.7 Å². The molecule has 0 saturated carbocycles. The van der Waals surface area contributed by atoms with Gasteiger partial charge in [0, 0.05) is 31.2 Å². The molecule has 2 aliphatic rings. The van der Waals surface area contributed by atoms with Crippen LogP contribution in [0.2, 0.25) is 5.02 Å². The third-order valence-corrected chi connectivity index (χ3v) is 4.42. The van der Waals surface area contributed by atoms with E-state index < -0.39 is 12.1 Å². The van der Waals surface area contributed by atoms with Gasteiger partial charge in [-0.15, -0.1) is 0 Å². The van der Waals surface area contributed by atoms with E-state index in [9.17, 15) is 9.59 Å². The Morgan fingerprint density at radius 1 is 1.23 bits per heavy atom. The monoisotopic (exact) mass is 323 g/mol. The summed E-state index contributed by atoms with van der Waals surface area (Å²) in [6, 6.07) is 6.33. The Morgan fingerprint density at radius 2 is 1.95 bits per heavy atom. The van der Waals surface area contributed by atoms with Gasteiger partial charge in [-0.3, -0.25) is 14.5 Å². The quantitative estimate of drug-likeness (QED) is 0.811. The largest absolute Gasteiger partial charge is 0.394 e. The minimum absolute atomic E-state index is 0.195. The summed E-state index contributed by atoms with van der Waals surface area (Å²) in [5.74, 6) is -0.391. The molecule has 0 aromatic heterocycles. The number of rotatable bonds is 3. The summed E-state index contributed by atoms with van der Waals surface area (Å²) >= 11 is 5.88. The zero-order chi connectivity index (χ0) is 15.7. The van der Waals surface area contributed by atoms with E-state index in [0.717, 1.165) is 5.56 Å². The SMILES string of the molecule is O=C1N[C@@H](CO)C(=O)N2CCN(Cc3ccc(Cl)cc3)C[C@H]12. The first-order chi connectivity index (χ1) is 10.6. The maximum absolute atomic E-state index is 12.2. The lowest BCUT2D eigenvalue weighted by atomic mass is 10.0. The molecule has 0 unspecified atom stereocenters. The molecule has 0 radical (unpaired) electrons. The van der Waals surface area contributed by atoms with Crippen molar-refractivity contribution in [3.8, 4) is 0 Å². The van der Waals surface area contributed by atoms with E-state index in [1.807, 2.05) is 24.3 Å². The topological polar surface area (TPSA) is 72.9 Å². The molecular weight excluding hydrogens is 306 g/mol. The third-order valence-electron chi connectivity index (χ3n) is 4.17. The van der Waals surface area contributed by atoms with Crippen LogP contribution in [0.4, 0.5) is 0 Å². The van der Waals surface area contributed by atoms with Crippen molar-refractivity contribution in [3.63, 3.8) is 0 Å². The Kier molecular flexibility index (Phi) is 4.33. The number of hydrogen-bond acceptors (Lipinski definition) is 4. The highest BCUT2D eigenvalue weighted by Crippen LogP contribution is 2.18. The lowest BCUT2D eigenvalue weighted by Gasteiger charge is -2.45. The van der Waals surface area contributed by atoms with Gasteiger partial charge >= 0.3 is 0 Å². The molecule has 2 saturated heterocycles. The summed E-state index contributed by atoms with van der Waals surface area (Å²) in [7, 11) is 0. The van der Waals surface area contributed by atoms with E-state index in [1.54, 1.807) is 4.90 Å². The number of nitrogens with zero attached hydrogens (tertiary/aromatic N) is 2. The van der Waals surface area contributed by atoms with Gasteiger partial charge in [0.1, 0.15) is 12.1 Å². The number of carbonyl (C=O) groups is 2. The summed E-state index contributed by atoms with van der Waals surface area (Å²) in [4.78, 5) is 28.0. The highest BCUT2D eigenvalue weighted by atomic mass is 35.5. The van der Waals surface area contributed by atoms with Gasteiger partial charge in [-0.1, -0.05) is 23.7 Å². The van der Waals surface area contributed by atoms with E-state index in [1.165, 1.54) is 0 Å². The Hall–Kier alpha value is -1.63. The van der Waals surface area contributed by atoms with Gasteiger partial charge in [0.2, 0.25) is 11.8 Å². The van der Waals surface area contributed by atoms with Gasteiger partial charge in [-0.2, -0.15) is 0 Å². The third kappa shape index (κ3) is 2.95. The molecule has 118 valence electrons. The second-order valence-corrected chi connectivity index (χ2v) is 6.09. The highest BCUT2D eigenvalue weighted by Gasteiger charge is 2.42. The second-order valence-electron chi connectivity index (χ2n) is 5.65. The van der Waals surface area contributed by atoms with Crippen molar-refractivity contribution in [2.24, 2.45) is 0 Å². The number of piperazine rings is 2. The van der Waals surface area contributed by atoms with Crippen molar-refractivity contribution in [1.82, 2.24) is 15.1 Å². The summed E-state index contributed by atoms with van der Waals surface area (Å²) in [6.07, 6.45) is 0. The minimum Gasteiger partial charge on any atom is -0.394 e. The summed E-state index contributed by atoms with van der Waals surface area (Å²) in [5, 5.41) is 12.4. The van der Waals surface area contributed by atoms with Crippen molar-refractivity contribution >= 4 is 23.4 Å². The molecule has 0 aliphatic carbocycles. The average Bonchev–Trinajstić information content (AvgIpc) is 2.53. The summed E-state index contributed by atoms with van der Waals surface area (Å²) in [6.45, 7) is 2.06. The van der Waals surface area contributed by atoms with Gasteiger partial charge in [0.15, 0.2) is 0 Å². The Labute approximate surface area is 133 Å². The highest BCUT2D eigenvalue weighted by molar-refractivity contribution is 6.30. The number of benzene rings is 1. The van der Waals surface area contributed by atoms with Gasteiger partial charge < -0.3 is 15.3 Å². The second kappa shape index (κ2) is 6.24. The fourth-order valence-corrected chi connectivity index (χ4v) is 3.10. The first-order valence-corrected chi connectivity index (χ1v) is 7.65. The van der Waals surface area contributed by atoms with Gasteiger partial charge in [-0.25, -0.2) is 0 Å². The summed E-state index contributed by atoms with van der Waals surface area (Å²) in [5.41, 5.74) is 1.12. The number of aliphatic hydroxyl groups is 1. The molecule has 0 spiro atoms. The lowest BCUT2D eigenvalue weighted by molar-refractivity contribution is -0.154. The molecule has 2 atom stereocenters. The van der Waals surface area contributed by atoms with Crippen LogP contribution >= 0.6 is 11.6 Å². The molecule has 2 aliphatic heterocycles. The first kappa shape index (κ1) is 15.3. The predicted octanol–water partition coefficient (Wildman–Crippen LogP) is -0.156. The first-order valence-electron chi connectivity index (χ1n) is 7.27. The Bertz CT molecular complexity index is 578. The van der Waals surface area contributed by atoms with Gasteiger partial charge in [0.05, 0.1) is 6.61 Å². The van der Waals surface area contributed by atoms with Crippen LogP contribution in [0, 0.1) is 0 Å². The number of amides is 2. The number of fused-ring (bicyclic) bond motifs is 1. The molecule has 6 nitrogen and oxygen atoms in total. The molecule has 2 amide bonds. The Morgan fingerprint density at radius 3 is 2.64 bits per heavy atom. The van der Waals surface area contributed by atoms with E-state index in [2.05, 4.69) is 10.2 Å². The van der Waals surface area contributed by atoms with Crippen molar-refractivity contribution in [2.75, 3.05) is 26.2 Å². The van der Waals surface area contributed by atoms with E-state index >= 15 is 0 Å². The fraction of sp³-hybridized carbons (Fsp3) is 0.467. The van der Waals surface area contributed by atoms with Crippen LogP contribution in [0.15, 0.2) is 24.3 Å². The summed E-state index contributed by atoms with van der Waals surface area (Å²) < 4.78 is 0. The molecule has 2 heterocycles. The number of aliphatic hydroxyl groups excluding tert-OH is 1. The standard InChI is InChI=1S/C15H18ClN3O3/c16-11-3-1-10(2-4-11)7-18-5-6-19-13(8-18)14(21)17-12(9-20)15(19)22/h1-4,12-13,20H,5-9H2,(H,17,21)/t12-,13+/m0/s1. The van der Waals surface area contributed by atoms with Crippen molar-refractivity contribution in [2.45, 2.75) is 18.6 Å². The molecule has 3 rings (SSSR count). The molecule has 1 aromatic rings. The maximum Gasteiger partial charge on any atom is 0.248 e. The zero-order valence-electron chi connectivity index (χ0n) is 12.0. The number of halogens is 1. The molecule has 7 heteroatoms. The van der Waals surface area contributed by atoms with Crippen LogP contribution < -0.4 is 5.32 Å². The Balaban J connectivity index is 1.67. The molecular formula is C15H18ClN3O3. The maximum atomic E-state index is 12.2. The number of carbonyl (C=O) groups excluding carboxylic acids is 2. The lowest BCUT2D eigenvalue weighted by Crippen LogP contribution is -2.69. The van der Waals surface area contributed by atoms with Crippen LogP contribution in [0.1, 0.15) is 5.56 Å². The van der Waals surface area contributed by atoms with Crippen LogP contribution in [-0.4, -0.2) is 65.0 Å². The van der Waals surface area contributed by atoms with Crippen LogP contribution in [0.25, 0.3) is 0 Å². The molecule has 2 fully saturated rings. The van der Waals surface area contributed by atoms with Gasteiger partial charge in [0.25, 0.3) is 0 Å². The average molecular weight is 324 g/mol. The van der Waals surface area contributed by atoms with Crippen LogP contribution in [0.5, 0.6) is 0 Å². The minimum atomic E-state index is -0.799. The van der Waals surface area contributed by atoms with Crippen LogP contribution in [0.3, 0.4) is 0 Å². The fourth-order valence-electron chi connectivity index (χ4n) is 2.97. The molecule has 2 N–H and O–H groups in total. The van der Waals surface area contributed by atoms with E-state index in [0.29, 0.717) is 31.2 Å². The van der Waals surface area contributed by atoms with Crippen molar-refractivity contribution in [3.05, 3.63) is 34.9 Å². The van der Waals surface area contributed by atoms with E-state index in [-0.39, 0.29) is 18.4 Å². The van der Waals surface area contributed by atoms with E-state index in [4.69, 9.17) is 16.7 Å².